The molecule has 2 rings (SSSR count). The minimum absolute atomic E-state index is 0.457. The Bertz CT molecular complexity index is 1310. The highest BCUT2D eigenvalue weighted by atomic mass is 32.2. The van der Waals surface area contributed by atoms with Crippen molar-refractivity contribution < 1.29 is 118 Å². The molecule has 29 heteroatoms. The normalized spacial score (nSPS) is 26.6. The number of nitrogens with zero attached hydrogens (tertiary/aromatic N) is 2. The fraction of sp³-hybridized carbons (Fsp3) is 0.950. The molecule has 1 amide bonds. The standard InChI is InChI=1S/C20H21F17N2O9S/c21-13(22,15(25,26)17(29,30)19(33,34)35)14(23,24)16(27,28)18(31,32)20(36,37)49(45,46)39-3-1-38(2-4-39)8(41)6-47-12-11(44)10(43)9(42)7(5-40)48-12/h7,9-12,40,42-44H,1-6H2/t7-,9-,10+,11+,12?/m1/s1. The van der Waals surface area contributed by atoms with E-state index in [9.17, 15) is 103 Å². The predicted molar refractivity (Wildman–Crippen MR) is 117 cm³/mol. The van der Waals surface area contributed by atoms with Gasteiger partial charge in [-0.15, -0.1) is 0 Å². The van der Waals surface area contributed by atoms with E-state index in [1.54, 1.807) is 0 Å². The van der Waals surface area contributed by atoms with Gasteiger partial charge in [-0.25, -0.2) is 8.42 Å². The first-order valence-corrected chi connectivity index (χ1v) is 14.0. The lowest BCUT2D eigenvalue weighted by Crippen LogP contribution is -2.75. The van der Waals surface area contributed by atoms with Crippen LogP contribution in [0.25, 0.3) is 0 Å². The van der Waals surface area contributed by atoms with Gasteiger partial charge in [0.15, 0.2) is 6.29 Å². The third-order valence-corrected chi connectivity index (χ3v) is 9.12. The fourth-order valence-electron chi connectivity index (χ4n) is 4.10. The Balaban J connectivity index is 2.27. The molecule has 2 aliphatic heterocycles. The van der Waals surface area contributed by atoms with Gasteiger partial charge in [-0.1, -0.05) is 0 Å². The van der Waals surface area contributed by atoms with E-state index in [2.05, 4.69) is 0 Å². The highest BCUT2D eigenvalue weighted by molar-refractivity contribution is 7.90. The Kier molecular flexibility index (Phi) is 11.6. The topological polar surface area (TPSA) is 157 Å². The molecule has 4 N–H and O–H groups in total. The Morgan fingerprint density at radius 2 is 1.06 bits per heavy atom. The smallest absolute Gasteiger partial charge is 0.394 e. The Morgan fingerprint density at radius 3 is 1.47 bits per heavy atom. The number of hydrogen-bond donors (Lipinski definition) is 4. The second kappa shape index (κ2) is 13.2. The molecule has 0 aromatic rings. The number of sulfonamides is 1. The van der Waals surface area contributed by atoms with Crippen LogP contribution in [0, 0.1) is 0 Å². The van der Waals surface area contributed by atoms with Crippen molar-refractivity contribution in [3.05, 3.63) is 0 Å². The second-order valence-corrected chi connectivity index (χ2v) is 12.2. The number of ether oxygens (including phenoxy) is 2. The molecule has 2 saturated heterocycles. The van der Waals surface area contributed by atoms with Crippen LogP contribution in [-0.2, 0) is 24.3 Å². The first-order chi connectivity index (χ1) is 21.6. The lowest BCUT2D eigenvalue weighted by molar-refractivity contribution is -0.458. The number of hydrogen-bond acceptors (Lipinski definition) is 9. The van der Waals surface area contributed by atoms with Crippen molar-refractivity contribution in [3.8, 4) is 0 Å². The summed E-state index contributed by atoms with van der Waals surface area (Å²) in [5.41, 5.74) is 0. The summed E-state index contributed by atoms with van der Waals surface area (Å²) in [4.78, 5) is 12.8. The molecule has 2 fully saturated rings. The first-order valence-electron chi connectivity index (χ1n) is 12.6. The van der Waals surface area contributed by atoms with Gasteiger partial charge in [-0.3, -0.25) is 4.79 Å². The largest absolute Gasteiger partial charge is 0.460 e. The van der Waals surface area contributed by atoms with Gasteiger partial charge in [0.1, 0.15) is 31.0 Å². The van der Waals surface area contributed by atoms with Gasteiger partial charge < -0.3 is 34.8 Å². The van der Waals surface area contributed by atoms with Crippen LogP contribution in [0.2, 0.25) is 0 Å². The van der Waals surface area contributed by atoms with Crippen LogP contribution in [0.4, 0.5) is 74.6 Å². The lowest BCUT2D eigenvalue weighted by atomic mass is 9.91. The summed E-state index contributed by atoms with van der Waals surface area (Å²) < 4.78 is 263. The minimum atomic E-state index is -8.97. The SMILES string of the molecule is O=C(COC1O[C@H](CO)[C@@H](O)[C@H](O)[C@@H]1O)N1CCN(S(=O)(=O)C(F)(F)C(F)(F)C(F)(F)C(F)(F)C(F)(F)C(F)(F)C(F)(F)C(F)(F)F)CC1. The number of carbonyl (C=O) groups excluding carboxylic acids is 1. The zero-order valence-electron chi connectivity index (χ0n) is 23.2. The molecule has 1 unspecified atom stereocenters. The molecule has 2 aliphatic rings. The molecule has 0 aliphatic carbocycles. The monoisotopic (exact) mass is 788 g/mol. The Hall–Kier alpha value is -2.05. The second-order valence-electron chi connectivity index (χ2n) is 10.3. The Morgan fingerprint density at radius 1 is 0.653 bits per heavy atom. The molecule has 49 heavy (non-hydrogen) atoms. The van der Waals surface area contributed by atoms with Gasteiger partial charge in [0.25, 0.3) is 10.0 Å². The van der Waals surface area contributed by atoms with E-state index in [1.807, 2.05) is 0 Å². The first kappa shape index (κ1) is 43.1. The third-order valence-electron chi connectivity index (χ3n) is 7.17. The number of alkyl halides is 17. The van der Waals surface area contributed by atoms with Crippen molar-refractivity contribution in [1.82, 2.24) is 9.21 Å². The van der Waals surface area contributed by atoms with Crippen LogP contribution in [0.5, 0.6) is 0 Å². The highest BCUT2D eigenvalue weighted by Crippen LogP contribution is 2.64. The molecule has 290 valence electrons. The number of halogens is 17. The van der Waals surface area contributed by atoms with Crippen LogP contribution in [0.15, 0.2) is 0 Å². The quantitative estimate of drug-likeness (QED) is 0.214. The maximum atomic E-state index is 14.5. The van der Waals surface area contributed by atoms with Gasteiger partial charge >= 0.3 is 47.0 Å². The van der Waals surface area contributed by atoms with Gasteiger partial charge in [0, 0.05) is 26.2 Å². The molecule has 0 radical (unpaired) electrons. The number of amides is 1. The molecule has 5 atom stereocenters. The molecular formula is C20H21F17N2O9S. The van der Waals surface area contributed by atoms with E-state index in [0.29, 0.717) is 4.90 Å². The number of piperazine rings is 1. The van der Waals surface area contributed by atoms with E-state index in [-0.39, 0.29) is 0 Å². The van der Waals surface area contributed by atoms with Crippen molar-refractivity contribution in [2.24, 2.45) is 0 Å². The summed E-state index contributed by atoms with van der Waals surface area (Å²) in [6, 6.07) is 0. The van der Waals surface area contributed by atoms with E-state index in [0.717, 1.165) is 0 Å². The fourth-order valence-corrected chi connectivity index (χ4v) is 5.52. The number of rotatable bonds is 12. The summed E-state index contributed by atoms with van der Waals surface area (Å²) in [5, 5.41) is 30.6. The third kappa shape index (κ3) is 6.49. The predicted octanol–water partition coefficient (Wildman–Crippen LogP) is 1.24. The van der Waals surface area contributed by atoms with E-state index in [4.69, 9.17) is 14.6 Å². The zero-order valence-corrected chi connectivity index (χ0v) is 24.0. The minimum Gasteiger partial charge on any atom is -0.394 e. The van der Waals surface area contributed by atoms with E-state index < -0.39 is 137 Å². The van der Waals surface area contributed by atoms with Crippen molar-refractivity contribution in [1.29, 1.82) is 0 Å². The molecule has 0 aromatic heterocycles. The van der Waals surface area contributed by atoms with Gasteiger partial charge in [-0.05, 0) is 0 Å². The summed E-state index contributed by atoms with van der Waals surface area (Å²) in [6.45, 7) is -7.72. The summed E-state index contributed by atoms with van der Waals surface area (Å²) in [6.07, 6.45) is -17.4. The highest BCUT2D eigenvalue weighted by Gasteiger charge is 2.96. The van der Waals surface area contributed by atoms with Gasteiger partial charge in [0.2, 0.25) is 5.91 Å². The summed E-state index contributed by atoms with van der Waals surface area (Å²) >= 11 is 0. The maximum absolute atomic E-state index is 14.5. The average molecular weight is 788 g/mol. The number of aliphatic hydroxyl groups is 4. The number of carbonyl (C=O) groups is 1. The molecular weight excluding hydrogens is 767 g/mol. The van der Waals surface area contributed by atoms with Crippen LogP contribution in [-0.4, -0.2) is 161 Å². The molecule has 0 spiro atoms. The van der Waals surface area contributed by atoms with Crippen LogP contribution >= 0.6 is 0 Å². The summed E-state index contributed by atoms with van der Waals surface area (Å²) in [7, 11) is -7.52. The zero-order chi connectivity index (χ0) is 38.8. The molecule has 11 nitrogen and oxygen atoms in total. The van der Waals surface area contributed by atoms with Gasteiger partial charge in [-0.2, -0.15) is 78.9 Å². The number of aliphatic hydroxyl groups excluding tert-OH is 4. The van der Waals surface area contributed by atoms with Crippen molar-refractivity contribution in [2.45, 2.75) is 77.7 Å². The Labute approximate surface area is 260 Å². The maximum Gasteiger partial charge on any atom is 0.460 e. The lowest BCUT2D eigenvalue weighted by Gasteiger charge is -2.43. The van der Waals surface area contributed by atoms with Crippen LogP contribution in [0.1, 0.15) is 0 Å². The molecule has 2 heterocycles. The van der Waals surface area contributed by atoms with E-state index >= 15 is 0 Å². The van der Waals surface area contributed by atoms with Crippen molar-refractivity contribution >= 4 is 15.9 Å². The van der Waals surface area contributed by atoms with Crippen LogP contribution < -0.4 is 0 Å². The average Bonchev–Trinajstić information content (AvgIpc) is 2.98. The molecule has 0 bridgehead atoms. The van der Waals surface area contributed by atoms with Crippen LogP contribution in [0.3, 0.4) is 0 Å². The molecule has 0 saturated carbocycles. The van der Waals surface area contributed by atoms with Crippen molar-refractivity contribution in [2.75, 3.05) is 39.4 Å². The van der Waals surface area contributed by atoms with Crippen molar-refractivity contribution in [3.63, 3.8) is 0 Å². The van der Waals surface area contributed by atoms with E-state index in [1.165, 1.54) is 0 Å². The molecule has 0 aromatic carbocycles. The van der Waals surface area contributed by atoms with Gasteiger partial charge in [0.05, 0.1) is 6.61 Å². The summed E-state index contributed by atoms with van der Waals surface area (Å²) in [5.74, 6) is -53.6.